The largest absolute Gasteiger partial charge is 0.496 e. The average Bonchev–Trinajstić information content (AvgIpc) is 3.37. The van der Waals surface area contributed by atoms with E-state index in [0.29, 0.717) is 23.3 Å². The van der Waals surface area contributed by atoms with E-state index in [1.54, 1.807) is 14.0 Å². The number of ketones is 1. The molecule has 5 rings (SSSR count). The second-order valence-corrected chi connectivity index (χ2v) is 9.57. The van der Waals surface area contributed by atoms with Gasteiger partial charge in [0.25, 0.3) is 0 Å². The van der Waals surface area contributed by atoms with E-state index in [9.17, 15) is 14.1 Å². The number of dihydropyridines is 1. The van der Waals surface area contributed by atoms with Crippen LogP contribution in [-0.4, -0.2) is 37.1 Å². The number of rotatable bonds is 7. The van der Waals surface area contributed by atoms with Gasteiger partial charge in [0.1, 0.15) is 19.0 Å². The summed E-state index contributed by atoms with van der Waals surface area (Å²) in [6.07, 6.45) is 2.69. The van der Waals surface area contributed by atoms with Gasteiger partial charge in [0.15, 0.2) is 5.78 Å². The van der Waals surface area contributed by atoms with Crippen molar-refractivity contribution < 1.29 is 28.5 Å². The Morgan fingerprint density at radius 2 is 1.92 bits per heavy atom. The topological polar surface area (TPSA) is 89.7 Å². The van der Waals surface area contributed by atoms with Gasteiger partial charge in [0.05, 0.1) is 18.1 Å². The molecule has 1 aliphatic carbocycles. The maximum absolute atomic E-state index is 14.0. The first kappa shape index (κ1) is 24.8. The molecule has 1 aliphatic heterocycles. The van der Waals surface area contributed by atoms with Crippen molar-refractivity contribution in [1.82, 2.24) is 10.3 Å². The summed E-state index contributed by atoms with van der Waals surface area (Å²) >= 11 is 0. The van der Waals surface area contributed by atoms with Crippen molar-refractivity contribution >= 4 is 22.7 Å². The first-order valence-electron chi connectivity index (χ1n) is 12.3. The van der Waals surface area contributed by atoms with Gasteiger partial charge in [-0.1, -0.05) is 30.3 Å². The van der Waals surface area contributed by atoms with Gasteiger partial charge in [-0.05, 0) is 54.1 Å². The molecule has 2 atom stereocenters. The van der Waals surface area contributed by atoms with Crippen LogP contribution >= 0.6 is 0 Å². The van der Waals surface area contributed by atoms with E-state index in [0.717, 1.165) is 33.5 Å². The zero-order chi connectivity index (χ0) is 26.2. The van der Waals surface area contributed by atoms with Crippen LogP contribution in [0.4, 0.5) is 4.53 Å². The number of carbonyl (C=O) groups is 2. The fourth-order valence-corrected chi connectivity index (χ4v) is 6.01. The van der Waals surface area contributed by atoms with Crippen LogP contribution in [0.1, 0.15) is 43.7 Å². The van der Waals surface area contributed by atoms with Gasteiger partial charge in [0.2, 0.25) is 0 Å². The monoisotopic (exact) mass is 504 g/mol. The number of hydrogen-bond acceptors (Lipinski definition) is 6. The number of fused-ring (bicyclic) bond motifs is 1. The van der Waals surface area contributed by atoms with Gasteiger partial charge in [-0.25, -0.2) is 4.79 Å². The molecule has 2 aliphatic rings. The van der Waals surface area contributed by atoms with Gasteiger partial charge in [-0.15, -0.1) is 0 Å². The van der Waals surface area contributed by atoms with Gasteiger partial charge in [-0.3, -0.25) is 4.79 Å². The lowest BCUT2D eigenvalue weighted by molar-refractivity contribution is -0.159. The molecular weight excluding hydrogens is 475 g/mol. The van der Waals surface area contributed by atoms with Crippen LogP contribution in [0.5, 0.6) is 5.75 Å². The molecule has 0 spiro atoms. The molecule has 8 heteroatoms. The first-order chi connectivity index (χ1) is 17.9. The van der Waals surface area contributed by atoms with Crippen LogP contribution in [0.25, 0.3) is 10.9 Å². The third-order valence-corrected chi connectivity index (χ3v) is 7.49. The number of halogens is 1. The van der Waals surface area contributed by atoms with Gasteiger partial charge < -0.3 is 19.8 Å². The van der Waals surface area contributed by atoms with Crippen LogP contribution in [0.15, 0.2) is 77.3 Å². The summed E-state index contributed by atoms with van der Waals surface area (Å²) in [6, 6.07) is 15.5. The Kier molecular flexibility index (Phi) is 6.60. The minimum atomic E-state index is -1.09. The summed E-state index contributed by atoms with van der Waals surface area (Å²) in [5, 5.41) is 4.26. The predicted molar refractivity (Wildman–Crippen MR) is 137 cm³/mol. The SMILES string of the molecule is COc1ccccc1[C@H]1CC(=O)C2=C(C1)NC(C)=C(C(=O)OCCOF)[C@]2(C)c1cccc2[nH]ccc12. The van der Waals surface area contributed by atoms with E-state index in [1.807, 2.05) is 61.7 Å². The zero-order valence-electron chi connectivity index (χ0n) is 21.0. The number of carbonyl (C=O) groups excluding carboxylic acids is 2. The smallest absolute Gasteiger partial charge is 0.337 e. The highest BCUT2D eigenvalue weighted by atomic mass is 19.3. The molecule has 0 bridgehead atoms. The minimum Gasteiger partial charge on any atom is -0.496 e. The lowest BCUT2D eigenvalue weighted by Gasteiger charge is -2.43. The number of allylic oxidation sites excluding steroid dienone is 3. The highest BCUT2D eigenvalue weighted by molar-refractivity contribution is 6.07. The lowest BCUT2D eigenvalue weighted by Crippen LogP contribution is -2.45. The van der Waals surface area contributed by atoms with E-state index in [-0.39, 0.29) is 31.3 Å². The number of methoxy groups -OCH3 is 1. The molecule has 0 amide bonds. The second kappa shape index (κ2) is 9.86. The highest BCUT2D eigenvalue weighted by Gasteiger charge is 2.50. The normalized spacial score (nSPS) is 21.6. The Morgan fingerprint density at radius 3 is 2.70 bits per heavy atom. The Hall–Kier alpha value is -3.91. The van der Waals surface area contributed by atoms with Crippen LogP contribution in [0, 0.1) is 0 Å². The van der Waals surface area contributed by atoms with E-state index in [1.165, 1.54) is 0 Å². The molecule has 2 heterocycles. The number of aromatic nitrogens is 1. The molecule has 0 saturated carbocycles. The number of hydrogen-bond donors (Lipinski definition) is 2. The molecule has 1 aromatic heterocycles. The molecular formula is C29H29FN2O5. The summed E-state index contributed by atoms with van der Waals surface area (Å²) in [4.78, 5) is 34.3. The Bertz CT molecular complexity index is 1440. The molecule has 37 heavy (non-hydrogen) atoms. The quantitative estimate of drug-likeness (QED) is 0.341. The summed E-state index contributed by atoms with van der Waals surface area (Å²) < 4.78 is 23.2. The van der Waals surface area contributed by atoms with Crippen molar-refractivity contribution in [2.75, 3.05) is 20.3 Å². The number of esters is 1. The van der Waals surface area contributed by atoms with Crippen molar-refractivity contribution in [1.29, 1.82) is 0 Å². The molecule has 0 radical (unpaired) electrons. The molecule has 0 fully saturated rings. The number of benzene rings is 2. The van der Waals surface area contributed by atoms with Crippen molar-refractivity contribution in [3.63, 3.8) is 0 Å². The minimum absolute atomic E-state index is 0.0513. The number of Topliss-reactive ketones (excluding diaryl/α,β-unsaturated/α-hetero) is 1. The van der Waals surface area contributed by atoms with Gasteiger partial charge >= 0.3 is 5.97 Å². The molecule has 0 unspecified atom stereocenters. The highest BCUT2D eigenvalue weighted by Crippen LogP contribution is 2.51. The van der Waals surface area contributed by atoms with Crippen LogP contribution < -0.4 is 10.1 Å². The molecule has 0 saturated heterocycles. The fraction of sp³-hybridized carbons (Fsp3) is 0.310. The molecule has 2 aromatic carbocycles. The van der Waals surface area contributed by atoms with Crippen LogP contribution in [-0.2, 0) is 24.7 Å². The first-order valence-corrected chi connectivity index (χ1v) is 12.3. The van der Waals surface area contributed by atoms with E-state index < -0.39 is 11.4 Å². The lowest BCUT2D eigenvalue weighted by atomic mass is 9.62. The van der Waals surface area contributed by atoms with Crippen LogP contribution in [0.2, 0.25) is 0 Å². The number of aromatic amines is 1. The van der Waals surface area contributed by atoms with Crippen LogP contribution in [0.3, 0.4) is 0 Å². The van der Waals surface area contributed by atoms with Crippen molar-refractivity contribution in [3.05, 3.63) is 88.4 Å². The summed E-state index contributed by atoms with van der Waals surface area (Å²) in [7, 11) is 1.63. The molecule has 3 aromatic rings. The van der Waals surface area contributed by atoms with E-state index in [2.05, 4.69) is 15.2 Å². The summed E-state index contributed by atoms with van der Waals surface area (Å²) in [5.41, 5.74) is 3.83. The van der Waals surface area contributed by atoms with Crippen molar-refractivity contribution in [2.45, 2.75) is 38.0 Å². The van der Waals surface area contributed by atoms with E-state index in [4.69, 9.17) is 9.47 Å². The molecule has 2 N–H and O–H groups in total. The third kappa shape index (κ3) is 4.11. The maximum Gasteiger partial charge on any atom is 0.337 e. The standard InChI is InChI=1S/C29H29FN2O5/c1-17-26(28(34)36-13-14-37-30)29(2,21-8-6-9-22-20(21)11-12-31-22)27-23(32-17)15-18(16-24(27)33)19-7-4-5-10-25(19)35-3/h4-12,18,31-32H,13-16H2,1-3H3/t18-,29+/m1/s1. The van der Waals surface area contributed by atoms with E-state index >= 15 is 0 Å². The third-order valence-electron chi connectivity index (χ3n) is 7.49. The Balaban J connectivity index is 1.67. The fourth-order valence-electron chi connectivity index (χ4n) is 6.01. The predicted octanol–water partition coefficient (Wildman–Crippen LogP) is 5.16. The summed E-state index contributed by atoms with van der Waals surface area (Å²) in [6.45, 7) is 3.09. The number of H-pyrrole nitrogens is 1. The zero-order valence-corrected chi connectivity index (χ0v) is 21.0. The van der Waals surface area contributed by atoms with Crippen molar-refractivity contribution in [2.24, 2.45) is 0 Å². The average molecular weight is 505 g/mol. The second-order valence-electron chi connectivity index (χ2n) is 9.57. The molecule has 192 valence electrons. The van der Waals surface area contributed by atoms with Gasteiger partial charge in [0, 0.05) is 46.4 Å². The van der Waals surface area contributed by atoms with Gasteiger partial charge in [-0.2, -0.15) is 4.94 Å². The Labute approximate surface area is 214 Å². The maximum atomic E-state index is 14.0. The number of nitrogens with one attached hydrogen (secondary N) is 2. The number of para-hydroxylation sites is 1. The summed E-state index contributed by atoms with van der Waals surface area (Å²) in [5.74, 6) is -0.00953. The Morgan fingerprint density at radius 1 is 1.11 bits per heavy atom. The molecule has 7 nitrogen and oxygen atoms in total. The van der Waals surface area contributed by atoms with Crippen molar-refractivity contribution in [3.8, 4) is 5.75 Å². The number of ether oxygens (including phenoxy) is 2.